The van der Waals surface area contributed by atoms with Crippen LogP contribution in [-0.2, 0) is 9.59 Å². The van der Waals surface area contributed by atoms with E-state index in [9.17, 15) is 14.4 Å². The number of nitrogens with one attached hydrogen (secondary N) is 2. The highest BCUT2D eigenvalue weighted by Crippen LogP contribution is 2.51. The summed E-state index contributed by atoms with van der Waals surface area (Å²) < 4.78 is 5.98. The van der Waals surface area contributed by atoms with E-state index in [0.29, 0.717) is 24.5 Å². The topological polar surface area (TPSA) is 104 Å². The van der Waals surface area contributed by atoms with Crippen molar-refractivity contribution in [2.75, 3.05) is 18.0 Å². The molecule has 3 aliphatic heterocycles. The van der Waals surface area contributed by atoms with Crippen molar-refractivity contribution in [2.24, 2.45) is 0 Å². The van der Waals surface area contributed by atoms with Gasteiger partial charge in [-0.2, -0.15) is 0 Å². The van der Waals surface area contributed by atoms with Crippen molar-refractivity contribution >= 4 is 41.0 Å². The van der Waals surface area contributed by atoms with Gasteiger partial charge in [-0.05, 0) is 74.7 Å². The first-order chi connectivity index (χ1) is 19.9. The van der Waals surface area contributed by atoms with Gasteiger partial charge < -0.3 is 20.3 Å². The number of hydrogen-bond acceptors (Lipinski definition) is 6. The van der Waals surface area contributed by atoms with E-state index in [-0.39, 0.29) is 23.9 Å². The molecule has 0 radical (unpaired) electrons. The molecule has 10 heteroatoms. The standard InChI is InChI=1S/C31H31N5O4S/c1-3-8-25(37)35-16-7-9-20(18-35)33-29(38)28-27-26-24(14-15-32-30(26)41-28)36(31(39)34-27)23-13-12-22(17-19(23)2)40-21-10-5-4-6-11-21/h3-6,8,10-15,17,20,27-28H,7,9,16,18H2,1-2H3,(H,33,38)(H,34,39)/b8-3+/t20?,27?,28-/m1/s1. The molecular formula is C31H31N5O4S. The number of benzene rings is 2. The van der Waals surface area contributed by atoms with Gasteiger partial charge in [0.15, 0.2) is 0 Å². The number of aromatic nitrogens is 1. The van der Waals surface area contributed by atoms with Crippen LogP contribution in [0.3, 0.4) is 0 Å². The molecule has 0 aliphatic carbocycles. The second-order valence-corrected chi connectivity index (χ2v) is 11.5. The highest BCUT2D eigenvalue weighted by Gasteiger charge is 2.47. The molecule has 210 valence electrons. The molecule has 4 amide bonds. The SMILES string of the molecule is C/C=C/C(=O)N1CCCC(NC(=O)[C@@H]2Sc3nccc4c3C2NC(=O)N4c2ccc(Oc3ccccc3)cc2C)C1. The summed E-state index contributed by atoms with van der Waals surface area (Å²) >= 11 is 1.37. The molecule has 3 aromatic rings. The van der Waals surface area contributed by atoms with E-state index in [1.165, 1.54) is 11.8 Å². The van der Waals surface area contributed by atoms with Gasteiger partial charge in [-0.15, -0.1) is 0 Å². The largest absolute Gasteiger partial charge is 0.457 e. The van der Waals surface area contributed by atoms with Crippen molar-refractivity contribution in [2.45, 2.75) is 49.0 Å². The third-order valence-electron chi connectivity index (χ3n) is 7.54. The van der Waals surface area contributed by atoms with Crippen molar-refractivity contribution in [3.63, 3.8) is 0 Å². The maximum Gasteiger partial charge on any atom is 0.327 e. The Morgan fingerprint density at radius 1 is 1.12 bits per heavy atom. The first-order valence-electron chi connectivity index (χ1n) is 13.7. The van der Waals surface area contributed by atoms with Crippen LogP contribution in [0.15, 0.2) is 78.0 Å². The van der Waals surface area contributed by atoms with Gasteiger partial charge >= 0.3 is 6.03 Å². The average Bonchev–Trinajstić information content (AvgIpc) is 3.34. The van der Waals surface area contributed by atoms with Crippen LogP contribution in [0.5, 0.6) is 11.5 Å². The number of amides is 4. The zero-order valence-corrected chi connectivity index (χ0v) is 23.7. The number of likely N-dealkylation sites (tertiary alicyclic amines) is 1. The highest BCUT2D eigenvalue weighted by molar-refractivity contribution is 8.01. The molecule has 2 aromatic carbocycles. The molecule has 1 aromatic heterocycles. The van der Waals surface area contributed by atoms with Crippen LogP contribution >= 0.6 is 11.8 Å². The lowest BCUT2D eigenvalue weighted by molar-refractivity contribution is -0.129. The number of ether oxygens (including phenoxy) is 1. The minimum atomic E-state index is -0.561. The number of piperidine rings is 1. The first-order valence-corrected chi connectivity index (χ1v) is 14.6. The van der Waals surface area contributed by atoms with Crippen molar-refractivity contribution in [1.29, 1.82) is 0 Å². The fraction of sp³-hybridized carbons (Fsp3) is 0.290. The predicted octanol–water partition coefficient (Wildman–Crippen LogP) is 5.24. The van der Waals surface area contributed by atoms with E-state index in [4.69, 9.17) is 4.74 Å². The summed E-state index contributed by atoms with van der Waals surface area (Å²) in [6.07, 6.45) is 6.58. The van der Waals surface area contributed by atoms with Crippen LogP contribution in [0, 0.1) is 6.92 Å². The lowest BCUT2D eigenvalue weighted by Crippen LogP contribution is -2.53. The molecule has 41 heavy (non-hydrogen) atoms. The van der Waals surface area contributed by atoms with Gasteiger partial charge in [0.05, 0.1) is 17.4 Å². The third kappa shape index (κ3) is 5.27. The predicted molar refractivity (Wildman–Crippen MR) is 158 cm³/mol. The summed E-state index contributed by atoms with van der Waals surface area (Å²) in [5, 5.41) is 6.38. The molecule has 3 atom stereocenters. The molecule has 9 nitrogen and oxygen atoms in total. The summed E-state index contributed by atoms with van der Waals surface area (Å²) in [6.45, 7) is 4.90. The van der Waals surface area contributed by atoms with Crippen LogP contribution in [0.4, 0.5) is 16.2 Å². The summed E-state index contributed by atoms with van der Waals surface area (Å²) in [4.78, 5) is 47.4. The molecular weight excluding hydrogens is 538 g/mol. The number of rotatable bonds is 6. The summed E-state index contributed by atoms with van der Waals surface area (Å²) in [7, 11) is 0. The Labute approximate surface area is 243 Å². The molecule has 2 N–H and O–H groups in total. The summed E-state index contributed by atoms with van der Waals surface area (Å²) in [5.74, 6) is 1.20. The second-order valence-electron chi connectivity index (χ2n) is 10.3. The van der Waals surface area contributed by atoms with Crippen LogP contribution in [0.25, 0.3) is 0 Å². The zero-order chi connectivity index (χ0) is 28.5. The average molecular weight is 570 g/mol. The van der Waals surface area contributed by atoms with Gasteiger partial charge in [0, 0.05) is 30.9 Å². The third-order valence-corrected chi connectivity index (χ3v) is 8.83. The van der Waals surface area contributed by atoms with Crippen molar-refractivity contribution in [3.8, 4) is 11.5 Å². The minimum absolute atomic E-state index is 0.0440. The summed E-state index contributed by atoms with van der Waals surface area (Å²) in [6, 6.07) is 16.0. The smallest absolute Gasteiger partial charge is 0.327 e. The molecule has 0 saturated carbocycles. The van der Waals surface area contributed by atoms with E-state index in [1.54, 1.807) is 28.1 Å². The number of hydrogen-bond donors (Lipinski definition) is 2. The van der Waals surface area contributed by atoms with Gasteiger partial charge in [-0.25, -0.2) is 9.78 Å². The minimum Gasteiger partial charge on any atom is -0.457 e. The number of pyridine rings is 1. The number of carbonyl (C=O) groups is 3. The quantitative estimate of drug-likeness (QED) is 0.394. The number of urea groups is 1. The zero-order valence-electron chi connectivity index (χ0n) is 22.9. The molecule has 1 fully saturated rings. The summed E-state index contributed by atoms with van der Waals surface area (Å²) in [5.41, 5.74) is 3.15. The Hall–Kier alpha value is -4.31. The molecule has 0 bridgehead atoms. The Bertz CT molecular complexity index is 1530. The maximum absolute atomic E-state index is 13.6. The van der Waals surface area contributed by atoms with Crippen LogP contribution < -0.4 is 20.3 Å². The Morgan fingerprint density at radius 3 is 2.73 bits per heavy atom. The van der Waals surface area contributed by atoms with Crippen molar-refractivity contribution in [1.82, 2.24) is 20.5 Å². The van der Waals surface area contributed by atoms with Crippen molar-refractivity contribution < 1.29 is 19.1 Å². The number of carbonyl (C=O) groups excluding carboxylic acids is 3. The maximum atomic E-state index is 13.6. The van der Waals surface area contributed by atoms with E-state index >= 15 is 0 Å². The van der Waals surface area contributed by atoms with Gasteiger partial charge in [-0.3, -0.25) is 14.5 Å². The highest BCUT2D eigenvalue weighted by atomic mass is 32.2. The van der Waals surface area contributed by atoms with E-state index in [1.807, 2.05) is 68.4 Å². The Balaban J connectivity index is 1.21. The second kappa shape index (κ2) is 11.3. The van der Waals surface area contributed by atoms with Crippen LogP contribution in [0.1, 0.15) is 36.9 Å². The number of allylic oxidation sites excluding steroid dienone is 1. The first kappa shape index (κ1) is 26.9. The molecule has 1 saturated heterocycles. The van der Waals surface area contributed by atoms with Crippen LogP contribution in [0.2, 0.25) is 0 Å². The normalized spacial score (nSPS) is 21.4. The van der Waals surface area contributed by atoms with E-state index in [0.717, 1.165) is 40.4 Å². The van der Waals surface area contributed by atoms with Crippen molar-refractivity contribution in [3.05, 3.63) is 84.1 Å². The number of anilines is 2. The van der Waals surface area contributed by atoms with Gasteiger partial charge in [0.1, 0.15) is 21.8 Å². The monoisotopic (exact) mass is 569 g/mol. The van der Waals surface area contributed by atoms with Gasteiger partial charge in [0.2, 0.25) is 11.8 Å². The molecule has 3 aliphatic rings. The fourth-order valence-corrected chi connectivity index (χ4v) is 6.89. The Morgan fingerprint density at radius 2 is 1.95 bits per heavy atom. The van der Waals surface area contributed by atoms with E-state index in [2.05, 4.69) is 15.6 Å². The van der Waals surface area contributed by atoms with E-state index < -0.39 is 11.3 Å². The lowest BCUT2D eigenvalue weighted by atomic mass is 9.98. The van der Waals surface area contributed by atoms with Gasteiger partial charge in [0.25, 0.3) is 0 Å². The lowest BCUT2D eigenvalue weighted by Gasteiger charge is -2.36. The number of thioether (sulfide) groups is 1. The molecule has 2 unspecified atom stereocenters. The van der Waals surface area contributed by atoms with Gasteiger partial charge in [-0.1, -0.05) is 36.0 Å². The Kier molecular flexibility index (Phi) is 7.40. The fourth-order valence-electron chi connectivity index (χ4n) is 5.66. The number of para-hydroxylation sites is 1. The molecule has 0 spiro atoms. The number of nitrogens with zero attached hydrogens (tertiary/aromatic N) is 3. The van der Waals surface area contributed by atoms with Crippen LogP contribution in [-0.4, -0.2) is 52.1 Å². The molecule has 6 rings (SSSR count). The molecule has 4 heterocycles. The number of aryl methyl sites for hydroxylation is 1.